The van der Waals surface area contributed by atoms with Crippen molar-refractivity contribution in [2.75, 3.05) is 4.90 Å². The van der Waals surface area contributed by atoms with E-state index in [1.165, 1.54) is 35.0 Å². The molecule has 214 valence electrons. The number of hydrogen-bond donors (Lipinski definition) is 2. The number of ether oxygens (including phenoxy) is 1. The van der Waals surface area contributed by atoms with Crippen molar-refractivity contribution < 1.29 is 32.6 Å². The molecule has 0 spiro atoms. The standard InChI is InChI=1S/C28H31F3N4O4S/c1-16(2)35(25(36)19-6-4-17(3)5-7-19)23-9-8-20(13-21(23)26(37)38)39-24-22(28(29,30)31)12-18(14-34-24)15-40-27-32-10-11-33-27/h8-14,16-17,19H,4-7,15H2,1-3H3,(H,32,33)(H,37,38). The van der Waals surface area contributed by atoms with E-state index in [1.807, 2.05) is 0 Å². The number of aromatic amines is 1. The predicted octanol–water partition coefficient (Wildman–Crippen LogP) is 7.17. The molecular weight excluding hydrogens is 545 g/mol. The van der Waals surface area contributed by atoms with E-state index in [1.54, 1.807) is 26.2 Å². The molecule has 2 aromatic heterocycles. The van der Waals surface area contributed by atoms with Crippen LogP contribution in [0.5, 0.6) is 11.6 Å². The van der Waals surface area contributed by atoms with Crippen molar-refractivity contribution in [2.24, 2.45) is 11.8 Å². The van der Waals surface area contributed by atoms with Gasteiger partial charge >= 0.3 is 12.1 Å². The smallest absolute Gasteiger partial charge is 0.421 e. The first kappa shape index (κ1) is 29.4. The third-order valence-electron chi connectivity index (χ3n) is 6.85. The number of hydrogen-bond acceptors (Lipinski definition) is 6. The number of alkyl halides is 3. The molecule has 1 amide bonds. The summed E-state index contributed by atoms with van der Waals surface area (Å²) in [4.78, 5) is 38.0. The fourth-order valence-corrected chi connectivity index (χ4v) is 5.52. The van der Waals surface area contributed by atoms with Crippen LogP contribution in [0.25, 0.3) is 0 Å². The number of nitrogens with zero attached hydrogens (tertiary/aromatic N) is 3. The molecule has 1 fully saturated rings. The van der Waals surface area contributed by atoms with Gasteiger partial charge in [-0.1, -0.05) is 18.7 Å². The molecule has 2 heterocycles. The number of nitrogens with one attached hydrogen (secondary N) is 1. The van der Waals surface area contributed by atoms with Gasteiger partial charge in [0.1, 0.15) is 11.3 Å². The Morgan fingerprint density at radius 1 is 1.18 bits per heavy atom. The highest BCUT2D eigenvalue weighted by Crippen LogP contribution is 2.39. The third kappa shape index (κ3) is 6.96. The lowest BCUT2D eigenvalue weighted by atomic mass is 9.82. The molecule has 0 radical (unpaired) electrons. The predicted molar refractivity (Wildman–Crippen MR) is 145 cm³/mol. The quantitative estimate of drug-likeness (QED) is 0.260. The highest BCUT2D eigenvalue weighted by molar-refractivity contribution is 7.98. The zero-order chi connectivity index (χ0) is 29.0. The maximum absolute atomic E-state index is 13.9. The Labute approximate surface area is 234 Å². The monoisotopic (exact) mass is 576 g/mol. The Morgan fingerprint density at radius 3 is 2.50 bits per heavy atom. The lowest BCUT2D eigenvalue weighted by molar-refractivity contribution is -0.139. The van der Waals surface area contributed by atoms with Crippen molar-refractivity contribution >= 4 is 29.3 Å². The summed E-state index contributed by atoms with van der Waals surface area (Å²) >= 11 is 1.22. The summed E-state index contributed by atoms with van der Waals surface area (Å²) in [6.07, 6.45) is 2.98. The van der Waals surface area contributed by atoms with Crippen molar-refractivity contribution in [3.63, 3.8) is 0 Å². The zero-order valence-electron chi connectivity index (χ0n) is 22.4. The SMILES string of the molecule is CC1CCC(C(=O)N(c2ccc(Oc3ncc(CSc4ncc[nH]4)cc3C(F)(F)F)cc2C(=O)O)C(C)C)CC1. The largest absolute Gasteiger partial charge is 0.478 e. The summed E-state index contributed by atoms with van der Waals surface area (Å²) in [6.45, 7) is 5.74. The molecule has 3 aromatic rings. The molecule has 0 unspecified atom stereocenters. The van der Waals surface area contributed by atoms with E-state index in [9.17, 15) is 27.9 Å². The number of anilines is 1. The zero-order valence-corrected chi connectivity index (χ0v) is 23.2. The summed E-state index contributed by atoms with van der Waals surface area (Å²) < 4.78 is 47.2. The van der Waals surface area contributed by atoms with Crippen molar-refractivity contribution in [2.45, 2.75) is 69.6 Å². The molecule has 40 heavy (non-hydrogen) atoms. The molecule has 1 saturated carbocycles. The summed E-state index contributed by atoms with van der Waals surface area (Å²) in [5, 5.41) is 10.5. The normalized spacial score (nSPS) is 17.6. The number of aromatic nitrogens is 3. The van der Waals surface area contributed by atoms with Gasteiger partial charge in [0.25, 0.3) is 0 Å². The lowest BCUT2D eigenvalue weighted by Gasteiger charge is -2.34. The van der Waals surface area contributed by atoms with Gasteiger partial charge in [-0.25, -0.2) is 14.8 Å². The maximum atomic E-state index is 13.9. The van der Waals surface area contributed by atoms with Crippen molar-refractivity contribution in [1.29, 1.82) is 0 Å². The van der Waals surface area contributed by atoms with Gasteiger partial charge in [0, 0.05) is 36.3 Å². The van der Waals surface area contributed by atoms with Crippen LogP contribution in [0.3, 0.4) is 0 Å². The molecule has 0 atom stereocenters. The number of carboxylic acids is 1. The van der Waals surface area contributed by atoms with E-state index in [0.717, 1.165) is 37.8 Å². The molecule has 0 aliphatic heterocycles. The molecule has 8 nitrogen and oxygen atoms in total. The fourth-order valence-electron chi connectivity index (χ4n) is 4.77. The number of aromatic carboxylic acids is 1. The van der Waals surface area contributed by atoms with Crippen molar-refractivity contribution in [3.05, 3.63) is 59.5 Å². The number of carbonyl (C=O) groups is 2. The second-order valence-corrected chi connectivity index (χ2v) is 11.2. The van der Waals surface area contributed by atoms with E-state index in [-0.39, 0.29) is 40.6 Å². The van der Waals surface area contributed by atoms with Crippen LogP contribution in [-0.4, -0.2) is 38.0 Å². The number of carboxylic acid groups (broad SMARTS) is 1. The number of benzene rings is 1. The average molecular weight is 577 g/mol. The van der Waals surface area contributed by atoms with Crippen LogP contribution >= 0.6 is 11.8 Å². The van der Waals surface area contributed by atoms with Gasteiger partial charge in [-0.15, -0.1) is 0 Å². The molecule has 2 N–H and O–H groups in total. The van der Waals surface area contributed by atoms with Crippen LogP contribution in [0.15, 0.2) is 48.0 Å². The van der Waals surface area contributed by atoms with Gasteiger partial charge < -0.3 is 19.7 Å². The van der Waals surface area contributed by atoms with Crippen LogP contribution in [0, 0.1) is 11.8 Å². The first-order valence-corrected chi connectivity index (χ1v) is 14.0. The van der Waals surface area contributed by atoms with Crippen LogP contribution in [0.1, 0.15) is 67.9 Å². The summed E-state index contributed by atoms with van der Waals surface area (Å²) in [5.74, 6) is -1.79. The number of halogens is 3. The highest BCUT2D eigenvalue weighted by Gasteiger charge is 2.36. The molecule has 0 saturated heterocycles. The molecular formula is C28H31F3N4O4S. The molecule has 1 aliphatic carbocycles. The van der Waals surface area contributed by atoms with E-state index < -0.39 is 23.6 Å². The van der Waals surface area contributed by atoms with Gasteiger partial charge in [0.15, 0.2) is 5.16 Å². The van der Waals surface area contributed by atoms with Gasteiger partial charge in [-0.2, -0.15) is 13.2 Å². The molecule has 0 bridgehead atoms. The van der Waals surface area contributed by atoms with Crippen molar-refractivity contribution in [1.82, 2.24) is 15.0 Å². The van der Waals surface area contributed by atoms with Gasteiger partial charge in [-0.05, 0) is 75.3 Å². The van der Waals surface area contributed by atoms with E-state index >= 15 is 0 Å². The van der Waals surface area contributed by atoms with E-state index in [4.69, 9.17) is 4.74 Å². The third-order valence-corrected chi connectivity index (χ3v) is 7.83. The first-order valence-electron chi connectivity index (χ1n) is 13.0. The van der Waals surface area contributed by atoms with Crippen LogP contribution in [-0.2, 0) is 16.7 Å². The number of thioether (sulfide) groups is 1. The minimum Gasteiger partial charge on any atom is -0.478 e. The Bertz CT molecular complexity index is 1340. The number of imidazole rings is 1. The molecule has 4 rings (SSSR count). The second kappa shape index (κ2) is 12.3. The Kier molecular flexibility index (Phi) is 9.07. The average Bonchev–Trinajstić information content (AvgIpc) is 3.42. The Morgan fingerprint density at radius 2 is 1.90 bits per heavy atom. The highest BCUT2D eigenvalue weighted by atomic mass is 32.2. The van der Waals surface area contributed by atoms with Gasteiger partial charge in [0.2, 0.25) is 11.8 Å². The number of H-pyrrole nitrogens is 1. The molecule has 12 heteroatoms. The van der Waals surface area contributed by atoms with E-state index in [0.29, 0.717) is 16.6 Å². The summed E-state index contributed by atoms with van der Waals surface area (Å²) in [6, 6.07) is 4.52. The Balaban J connectivity index is 1.61. The second-order valence-electron chi connectivity index (χ2n) is 10.2. The molecule has 1 aromatic carbocycles. The lowest BCUT2D eigenvalue weighted by Crippen LogP contribution is -2.42. The minimum atomic E-state index is -4.76. The molecule has 1 aliphatic rings. The van der Waals surface area contributed by atoms with Gasteiger partial charge in [-0.3, -0.25) is 4.79 Å². The van der Waals surface area contributed by atoms with E-state index in [2.05, 4.69) is 21.9 Å². The van der Waals surface area contributed by atoms with Crippen molar-refractivity contribution in [3.8, 4) is 11.6 Å². The first-order chi connectivity index (χ1) is 18.9. The number of carbonyl (C=O) groups excluding carboxylic acids is 1. The van der Waals surface area contributed by atoms with Crippen LogP contribution in [0.2, 0.25) is 0 Å². The number of amides is 1. The van der Waals surface area contributed by atoms with Crippen LogP contribution < -0.4 is 9.64 Å². The maximum Gasteiger partial charge on any atom is 0.421 e. The van der Waals surface area contributed by atoms with Gasteiger partial charge in [0.05, 0.1) is 11.3 Å². The Hall–Kier alpha value is -3.54. The summed E-state index contributed by atoms with van der Waals surface area (Å²) in [7, 11) is 0. The number of pyridine rings is 1. The van der Waals surface area contributed by atoms with Crippen LogP contribution in [0.4, 0.5) is 18.9 Å². The topological polar surface area (TPSA) is 108 Å². The minimum absolute atomic E-state index is 0.139. The fraction of sp³-hybridized carbons (Fsp3) is 0.429. The summed E-state index contributed by atoms with van der Waals surface area (Å²) in [5.41, 5.74) is -0.848. The number of rotatable bonds is 9.